The number of unbranched alkanes of at least 4 members (excludes halogenated alkanes) is 21. The number of hydrogen-bond donors (Lipinski definition) is 2. The van der Waals surface area contributed by atoms with Crippen LogP contribution in [0.5, 0.6) is 0 Å². The average molecular weight is 1110 g/mol. The number of phosphoric ester groups is 1. The smallest absolute Gasteiger partial charge is 0.462 e. The van der Waals surface area contributed by atoms with E-state index >= 15 is 0 Å². The highest BCUT2D eigenvalue weighted by atomic mass is 31.2. The van der Waals surface area contributed by atoms with Crippen LogP contribution in [0.25, 0.3) is 0 Å². The first-order chi connectivity index (χ1) is 38.2. The SMILES string of the molecule is CC/C=C\C/C=C\C/C=C\C/C=C\CCCCCCCCC(=O)OC(COC(=O)CCCCCCC/C=C\C/C=C\CCC)COP(=O)(O)OCC(CO)OC(=O)CCCCCCCC/C=C\C/C=C\C/C=C\CCCCC. The molecule has 0 aromatic heterocycles. The minimum Gasteiger partial charge on any atom is -0.462 e. The van der Waals surface area contributed by atoms with Gasteiger partial charge in [-0.1, -0.05) is 220 Å². The van der Waals surface area contributed by atoms with Crippen LogP contribution >= 0.6 is 7.82 Å². The summed E-state index contributed by atoms with van der Waals surface area (Å²) in [6.07, 6.45) is 71.8. The fourth-order valence-electron chi connectivity index (χ4n) is 7.98. The molecular formula is C66H111O11P. The molecule has 3 atom stereocenters. The van der Waals surface area contributed by atoms with Gasteiger partial charge in [-0.05, 0) is 122 Å². The second-order valence-electron chi connectivity index (χ2n) is 20.1. The lowest BCUT2D eigenvalue weighted by Crippen LogP contribution is -2.30. The van der Waals surface area contributed by atoms with Crippen molar-refractivity contribution in [2.75, 3.05) is 26.4 Å². The van der Waals surface area contributed by atoms with Crippen LogP contribution in [0.3, 0.4) is 0 Å². The van der Waals surface area contributed by atoms with Crippen LogP contribution in [0.15, 0.2) is 109 Å². The third kappa shape index (κ3) is 56.8. The van der Waals surface area contributed by atoms with Gasteiger partial charge in [0.05, 0.1) is 19.8 Å². The number of aliphatic hydroxyl groups excluding tert-OH is 1. The van der Waals surface area contributed by atoms with Crippen molar-refractivity contribution in [3.8, 4) is 0 Å². The summed E-state index contributed by atoms with van der Waals surface area (Å²) < 4.78 is 39.6. The van der Waals surface area contributed by atoms with Crippen LogP contribution in [0.2, 0.25) is 0 Å². The zero-order valence-corrected chi connectivity index (χ0v) is 50.2. The molecule has 0 aromatic carbocycles. The van der Waals surface area contributed by atoms with Gasteiger partial charge in [0.25, 0.3) is 0 Å². The molecule has 0 rings (SSSR count). The van der Waals surface area contributed by atoms with Crippen LogP contribution < -0.4 is 0 Å². The highest BCUT2D eigenvalue weighted by molar-refractivity contribution is 7.47. The van der Waals surface area contributed by atoms with Gasteiger partial charge in [0.15, 0.2) is 6.10 Å². The number of rotatable bonds is 56. The summed E-state index contributed by atoms with van der Waals surface area (Å²) in [6.45, 7) is 4.40. The van der Waals surface area contributed by atoms with E-state index < -0.39 is 57.8 Å². The van der Waals surface area contributed by atoms with E-state index in [1.807, 2.05) is 0 Å². The highest BCUT2D eigenvalue weighted by Gasteiger charge is 2.28. The Morgan fingerprint density at radius 1 is 0.372 bits per heavy atom. The summed E-state index contributed by atoms with van der Waals surface area (Å²) in [5.74, 6) is -1.52. The third-order valence-corrected chi connectivity index (χ3v) is 13.6. The molecule has 2 N–H and O–H groups in total. The van der Waals surface area contributed by atoms with E-state index in [0.29, 0.717) is 19.3 Å². The Hall–Kier alpha value is -3.86. The predicted molar refractivity (Wildman–Crippen MR) is 325 cm³/mol. The van der Waals surface area contributed by atoms with Gasteiger partial charge in [-0.25, -0.2) is 4.57 Å². The molecule has 78 heavy (non-hydrogen) atoms. The van der Waals surface area contributed by atoms with Gasteiger partial charge >= 0.3 is 25.7 Å². The van der Waals surface area contributed by atoms with Gasteiger partial charge in [0, 0.05) is 19.3 Å². The second kappa shape index (κ2) is 59.3. The van der Waals surface area contributed by atoms with Crippen LogP contribution in [-0.2, 0) is 42.2 Å². The summed E-state index contributed by atoms with van der Waals surface area (Å²) in [5.41, 5.74) is 0. The van der Waals surface area contributed by atoms with Gasteiger partial charge < -0.3 is 24.2 Å². The second-order valence-corrected chi connectivity index (χ2v) is 21.6. The zero-order valence-electron chi connectivity index (χ0n) is 49.3. The maximum atomic E-state index is 12.9. The number of carbonyl (C=O) groups excluding carboxylic acids is 3. The quantitative estimate of drug-likeness (QED) is 0.0197. The molecule has 3 unspecified atom stereocenters. The van der Waals surface area contributed by atoms with Crippen LogP contribution in [0.1, 0.15) is 252 Å². The number of esters is 3. The molecule has 0 radical (unpaired) electrons. The van der Waals surface area contributed by atoms with Crippen molar-refractivity contribution < 1.29 is 52.2 Å². The number of hydrogen-bond acceptors (Lipinski definition) is 10. The van der Waals surface area contributed by atoms with E-state index in [0.717, 1.165) is 167 Å². The van der Waals surface area contributed by atoms with Gasteiger partial charge in [-0.3, -0.25) is 23.4 Å². The molecule has 0 heterocycles. The summed E-state index contributed by atoms with van der Waals surface area (Å²) in [4.78, 5) is 48.7. The lowest BCUT2D eigenvalue weighted by atomic mass is 10.1. The topological polar surface area (TPSA) is 155 Å². The molecule has 0 amide bonds. The third-order valence-electron chi connectivity index (χ3n) is 12.6. The van der Waals surface area contributed by atoms with Gasteiger partial charge in [0.1, 0.15) is 12.7 Å². The van der Waals surface area contributed by atoms with Crippen molar-refractivity contribution in [2.24, 2.45) is 0 Å². The van der Waals surface area contributed by atoms with E-state index in [-0.39, 0.29) is 25.9 Å². The van der Waals surface area contributed by atoms with Crippen LogP contribution in [0.4, 0.5) is 0 Å². The minimum absolute atomic E-state index is 0.142. The molecule has 0 aliphatic heterocycles. The molecule has 0 bridgehead atoms. The molecule has 11 nitrogen and oxygen atoms in total. The van der Waals surface area contributed by atoms with Gasteiger partial charge in [-0.2, -0.15) is 0 Å². The van der Waals surface area contributed by atoms with Crippen molar-refractivity contribution in [3.63, 3.8) is 0 Å². The molecule has 446 valence electrons. The summed E-state index contributed by atoms with van der Waals surface area (Å²) in [5, 5.41) is 9.84. The van der Waals surface area contributed by atoms with Crippen molar-refractivity contribution in [2.45, 2.75) is 264 Å². The predicted octanol–water partition coefficient (Wildman–Crippen LogP) is 18.6. The van der Waals surface area contributed by atoms with Crippen molar-refractivity contribution in [1.82, 2.24) is 0 Å². The van der Waals surface area contributed by atoms with Crippen molar-refractivity contribution >= 4 is 25.7 Å². The Bertz CT molecular complexity index is 1720. The van der Waals surface area contributed by atoms with E-state index in [1.54, 1.807) is 0 Å². The number of ether oxygens (including phenoxy) is 3. The largest absolute Gasteiger partial charge is 0.472 e. The molecule has 0 saturated carbocycles. The van der Waals surface area contributed by atoms with Crippen molar-refractivity contribution in [3.05, 3.63) is 109 Å². The molecule has 0 aliphatic carbocycles. The Kier molecular flexibility index (Phi) is 56.3. The Balaban J connectivity index is 4.73. The fraction of sp³-hybridized carbons (Fsp3) is 0.682. The lowest BCUT2D eigenvalue weighted by molar-refractivity contribution is -0.161. The van der Waals surface area contributed by atoms with E-state index in [1.165, 1.54) is 25.7 Å². The molecule has 0 aliphatic rings. The van der Waals surface area contributed by atoms with Crippen LogP contribution in [-0.4, -0.2) is 66.5 Å². The Labute approximate surface area is 475 Å². The van der Waals surface area contributed by atoms with Crippen molar-refractivity contribution in [1.29, 1.82) is 0 Å². The highest BCUT2D eigenvalue weighted by Crippen LogP contribution is 2.43. The molecule has 0 fully saturated rings. The van der Waals surface area contributed by atoms with E-state index in [2.05, 4.69) is 130 Å². The minimum atomic E-state index is -4.77. The number of aliphatic hydroxyl groups is 1. The molecule has 12 heteroatoms. The van der Waals surface area contributed by atoms with Gasteiger partial charge in [0.2, 0.25) is 0 Å². The molecular weight excluding hydrogens is 1000 g/mol. The zero-order chi connectivity index (χ0) is 56.9. The molecule has 0 aromatic rings. The molecule has 0 saturated heterocycles. The first-order valence-electron chi connectivity index (χ1n) is 30.8. The standard InChI is InChI=1S/C66H111O11P/c1-4-7-10-13-16-19-22-25-27-29-31-33-35-38-41-44-47-50-53-56-65(69)76-62(58-67)60-74-78(71,72)75-61-63(59-73-64(68)55-52-49-46-43-40-37-24-21-18-15-12-9-6-3)77-66(70)57-54-51-48-45-42-39-36-34-32-30-28-26-23-20-17-14-11-8-5-2/h8,11-12,15-17,19-21,24-28,31-34,62-63,67H,4-7,9-10,13-14,18,22-23,29-30,35-61H2,1-3H3,(H,71,72)/b11-8-,15-12-,19-16-,20-17-,24-21-,27-25-,28-26-,33-31-,34-32-. The molecule has 0 spiro atoms. The Morgan fingerprint density at radius 3 is 1.08 bits per heavy atom. The fourth-order valence-corrected chi connectivity index (χ4v) is 8.76. The van der Waals surface area contributed by atoms with Crippen LogP contribution in [0, 0.1) is 0 Å². The number of allylic oxidation sites excluding steroid dienone is 18. The monoisotopic (exact) mass is 1110 g/mol. The lowest BCUT2D eigenvalue weighted by Gasteiger charge is -2.21. The maximum absolute atomic E-state index is 12.9. The van der Waals surface area contributed by atoms with E-state index in [4.69, 9.17) is 23.3 Å². The van der Waals surface area contributed by atoms with E-state index in [9.17, 15) is 28.9 Å². The first kappa shape index (κ1) is 74.1. The summed E-state index contributed by atoms with van der Waals surface area (Å²) in [6, 6.07) is 0. The van der Waals surface area contributed by atoms with Gasteiger partial charge in [-0.15, -0.1) is 0 Å². The maximum Gasteiger partial charge on any atom is 0.472 e. The number of phosphoric acid groups is 1. The first-order valence-corrected chi connectivity index (χ1v) is 32.3. The average Bonchev–Trinajstić information content (AvgIpc) is 3.43. The summed E-state index contributed by atoms with van der Waals surface area (Å²) >= 11 is 0. The Morgan fingerprint density at radius 2 is 0.692 bits per heavy atom. The summed E-state index contributed by atoms with van der Waals surface area (Å²) in [7, 11) is -4.77. The normalized spacial score (nSPS) is 14.1. The number of carbonyl (C=O) groups is 3.